The van der Waals surface area contributed by atoms with Crippen LogP contribution in [0.4, 0.5) is 13.2 Å². The van der Waals surface area contributed by atoms with E-state index in [1.807, 2.05) is 0 Å². The number of carbonyl (C=O) groups is 1. The summed E-state index contributed by atoms with van der Waals surface area (Å²) in [4.78, 5) is 11.8. The van der Waals surface area contributed by atoms with E-state index in [-0.39, 0.29) is 23.3 Å². The summed E-state index contributed by atoms with van der Waals surface area (Å²) in [6.45, 7) is 0. The molecule has 1 heterocycles. The van der Waals surface area contributed by atoms with Crippen LogP contribution in [0.15, 0.2) is 24.3 Å². The summed E-state index contributed by atoms with van der Waals surface area (Å²) in [5, 5.41) is 10.3. The lowest BCUT2D eigenvalue weighted by atomic mass is 9.87. The molecule has 0 aliphatic rings. The summed E-state index contributed by atoms with van der Waals surface area (Å²) in [7, 11) is 1.16. The van der Waals surface area contributed by atoms with Crippen LogP contribution in [0.1, 0.15) is 23.5 Å². The Labute approximate surface area is 144 Å². The molecule has 0 radical (unpaired) electrons. The molecule has 0 fully saturated rings. The van der Waals surface area contributed by atoms with Gasteiger partial charge in [-0.15, -0.1) is 0 Å². The van der Waals surface area contributed by atoms with Gasteiger partial charge < -0.3 is 9.84 Å². The Bertz CT molecular complexity index is 938. The van der Waals surface area contributed by atoms with Gasteiger partial charge in [0.1, 0.15) is 16.8 Å². The number of aromatic hydroxyl groups is 1. The number of esters is 1. The summed E-state index contributed by atoms with van der Waals surface area (Å²) >= 11 is 0.886. The van der Waals surface area contributed by atoms with Crippen LogP contribution in [0.2, 0.25) is 0 Å². The topological polar surface area (TPSA) is 72.3 Å². The molecule has 0 spiro atoms. The molecular formula is C16H11F3N2O3S. The second kappa shape index (κ2) is 6.67. The van der Waals surface area contributed by atoms with Crippen LogP contribution >= 0.6 is 11.7 Å². The summed E-state index contributed by atoms with van der Waals surface area (Å²) in [6, 6.07) is 4.44. The van der Waals surface area contributed by atoms with E-state index in [9.17, 15) is 23.1 Å². The summed E-state index contributed by atoms with van der Waals surface area (Å²) in [6.07, 6.45) is -0.328. The third kappa shape index (κ3) is 3.14. The van der Waals surface area contributed by atoms with E-state index in [1.165, 1.54) is 12.1 Å². The van der Waals surface area contributed by atoms with Crippen molar-refractivity contribution in [3.63, 3.8) is 0 Å². The van der Waals surface area contributed by atoms with Gasteiger partial charge in [0.2, 0.25) is 0 Å². The second-order valence-electron chi connectivity index (χ2n) is 5.26. The third-order valence-electron chi connectivity index (χ3n) is 3.80. The highest BCUT2D eigenvalue weighted by Gasteiger charge is 2.27. The SMILES string of the molecule is COC(=O)C[C@H](c1cc(F)c(F)c(F)c1)c1c(O)ccc2nsnc12. The minimum atomic E-state index is -1.61. The average Bonchev–Trinajstić information content (AvgIpc) is 3.06. The molecule has 2 aromatic carbocycles. The molecule has 0 amide bonds. The second-order valence-corrected chi connectivity index (χ2v) is 5.79. The molecule has 0 aliphatic heterocycles. The Morgan fingerprint density at radius 3 is 2.56 bits per heavy atom. The number of methoxy groups -OCH3 is 1. The highest BCUT2D eigenvalue weighted by atomic mass is 32.1. The highest BCUT2D eigenvalue weighted by Crippen LogP contribution is 2.39. The molecule has 9 heteroatoms. The number of aromatic nitrogens is 2. The molecule has 5 nitrogen and oxygen atoms in total. The normalized spacial score (nSPS) is 12.3. The summed E-state index contributed by atoms with van der Waals surface area (Å²) in [5.41, 5.74) is 0.888. The Hall–Kier alpha value is -2.68. The number of hydrogen-bond acceptors (Lipinski definition) is 6. The van der Waals surface area contributed by atoms with Crippen molar-refractivity contribution in [1.82, 2.24) is 8.75 Å². The number of carbonyl (C=O) groups excluding carboxylic acids is 1. The van der Waals surface area contributed by atoms with Crippen molar-refractivity contribution >= 4 is 28.7 Å². The monoisotopic (exact) mass is 368 g/mol. The molecule has 0 unspecified atom stereocenters. The standard InChI is InChI=1S/C16H11F3N2O3S/c1-24-13(23)6-8(7-4-9(17)15(19)10(18)5-7)14-12(22)3-2-11-16(14)21-25-20-11/h2-5,8,22H,6H2,1H3/t8-/m1/s1. The van der Waals surface area contributed by atoms with Gasteiger partial charge >= 0.3 is 5.97 Å². The lowest BCUT2D eigenvalue weighted by Crippen LogP contribution is -2.12. The fraction of sp³-hybridized carbons (Fsp3) is 0.188. The van der Waals surface area contributed by atoms with Gasteiger partial charge in [-0.1, -0.05) is 0 Å². The fourth-order valence-corrected chi connectivity index (χ4v) is 3.17. The number of fused-ring (bicyclic) bond motifs is 1. The van der Waals surface area contributed by atoms with Gasteiger partial charge in [-0.25, -0.2) is 13.2 Å². The van der Waals surface area contributed by atoms with Crippen LogP contribution in [0.3, 0.4) is 0 Å². The smallest absolute Gasteiger partial charge is 0.306 e. The molecule has 0 saturated carbocycles. The van der Waals surface area contributed by atoms with Crippen LogP contribution in [-0.2, 0) is 9.53 Å². The molecule has 1 aromatic heterocycles. The van der Waals surface area contributed by atoms with Gasteiger partial charge in [0.25, 0.3) is 0 Å². The maximum atomic E-state index is 13.7. The lowest BCUT2D eigenvalue weighted by Gasteiger charge is -2.19. The average molecular weight is 368 g/mol. The van der Waals surface area contributed by atoms with Crippen LogP contribution in [0, 0.1) is 17.5 Å². The van der Waals surface area contributed by atoms with Crippen molar-refractivity contribution in [2.75, 3.05) is 7.11 Å². The van der Waals surface area contributed by atoms with E-state index in [0.717, 1.165) is 31.0 Å². The fourth-order valence-electron chi connectivity index (χ4n) is 2.62. The van der Waals surface area contributed by atoms with Gasteiger partial charge in [-0.05, 0) is 29.8 Å². The van der Waals surface area contributed by atoms with Gasteiger partial charge in [-0.2, -0.15) is 8.75 Å². The minimum absolute atomic E-state index is 0.0300. The quantitative estimate of drug-likeness (QED) is 0.564. The van der Waals surface area contributed by atoms with E-state index in [2.05, 4.69) is 13.5 Å². The van der Waals surface area contributed by atoms with Crippen LogP contribution in [0.5, 0.6) is 5.75 Å². The molecule has 3 rings (SSSR count). The minimum Gasteiger partial charge on any atom is -0.508 e. The molecule has 0 bridgehead atoms. The number of phenols is 1. The first-order valence-corrected chi connectivity index (χ1v) is 7.80. The van der Waals surface area contributed by atoms with E-state index in [0.29, 0.717) is 11.0 Å². The molecule has 1 atom stereocenters. The van der Waals surface area contributed by atoms with E-state index < -0.39 is 29.3 Å². The zero-order chi connectivity index (χ0) is 18.1. The van der Waals surface area contributed by atoms with E-state index >= 15 is 0 Å². The van der Waals surface area contributed by atoms with Crippen molar-refractivity contribution in [2.45, 2.75) is 12.3 Å². The number of halogens is 3. The Morgan fingerprint density at radius 1 is 1.24 bits per heavy atom. The zero-order valence-electron chi connectivity index (χ0n) is 12.8. The van der Waals surface area contributed by atoms with Gasteiger partial charge in [-0.3, -0.25) is 4.79 Å². The maximum Gasteiger partial charge on any atom is 0.306 e. The zero-order valence-corrected chi connectivity index (χ0v) is 13.6. The number of nitrogens with zero attached hydrogens (tertiary/aromatic N) is 2. The number of rotatable bonds is 4. The van der Waals surface area contributed by atoms with Crippen LogP contribution in [0.25, 0.3) is 11.0 Å². The van der Waals surface area contributed by atoms with Crippen molar-refractivity contribution in [3.05, 3.63) is 52.8 Å². The molecule has 130 valence electrons. The predicted octanol–water partition coefficient (Wildman–Crippen LogP) is 3.51. The maximum absolute atomic E-state index is 13.7. The molecule has 25 heavy (non-hydrogen) atoms. The number of benzene rings is 2. The van der Waals surface area contributed by atoms with Gasteiger partial charge in [0.05, 0.1) is 25.3 Å². The van der Waals surface area contributed by atoms with Gasteiger partial charge in [0, 0.05) is 11.5 Å². The van der Waals surface area contributed by atoms with Crippen LogP contribution < -0.4 is 0 Å². The molecule has 0 aliphatic carbocycles. The summed E-state index contributed by atoms with van der Waals surface area (Å²) < 4.78 is 53.4. The van der Waals surface area contributed by atoms with Crippen molar-refractivity contribution in [1.29, 1.82) is 0 Å². The largest absolute Gasteiger partial charge is 0.508 e. The highest BCUT2D eigenvalue weighted by molar-refractivity contribution is 7.00. The van der Waals surface area contributed by atoms with Crippen molar-refractivity contribution in [3.8, 4) is 5.75 Å². The predicted molar refractivity (Wildman–Crippen MR) is 83.9 cm³/mol. The molecule has 3 aromatic rings. The van der Waals surface area contributed by atoms with Crippen LogP contribution in [-0.4, -0.2) is 26.9 Å². The molecular weight excluding hydrogens is 357 g/mol. The van der Waals surface area contributed by atoms with E-state index in [4.69, 9.17) is 0 Å². The first-order valence-electron chi connectivity index (χ1n) is 7.07. The third-order valence-corrected chi connectivity index (χ3v) is 4.34. The number of phenolic OH excluding ortho intramolecular Hbond substituents is 1. The number of ether oxygens (including phenoxy) is 1. The summed E-state index contributed by atoms with van der Waals surface area (Å²) in [5.74, 6) is -6.29. The number of hydrogen-bond donors (Lipinski definition) is 1. The molecule has 1 N–H and O–H groups in total. The van der Waals surface area contributed by atoms with Gasteiger partial charge in [0.15, 0.2) is 17.5 Å². The van der Waals surface area contributed by atoms with E-state index in [1.54, 1.807) is 0 Å². The Kier molecular flexibility index (Phi) is 4.58. The Balaban J connectivity index is 2.23. The molecule has 0 saturated heterocycles. The van der Waals surface area contributed by atoms with Crippen molar-refractivity contribution < 1.29 is 27.8 Å². The lowest BCUT2D eigenvalue weighted by molar-refractivity contribution is -0.140. The van der Waals surface area contributed by atoms with Crippen molar-refractivity contribution in [2.24, 2.45) is 0 Å². The first-order chi connectivity index (χ1) is 11.9. The Morgan fingerprint density at radius 2 is 1.92 bits per heavy atom. The first kappa shape index (κ1) is 17.2.